The van der Waals surface area contributed by atoms with Crippen molar-refractivity contribution < 1.29 is 27.6 Å². The van der Waals surface area contributed by atoms with Crippen LogP contribution in [0.1, 0.15) is 28.8 Å². The largest absolute Gasteiger partial charge is 0.416 e. The van der Waals surface area contributed by atoms with E-state index in [9.17, 15) is 28.1 Å². The number of nitro benzene ring substituents is 1. The number of hydrogen-bond acceptors (Lipinski definition) is 7. The van der Waals surface area contributed by atoms with Crippen LogP contribution in [-0.2, 0) is 10.9 Å². The highest BCUT2D eigenvalue weighted by atomic mass is 32.1. The standard InChI is InChI=1S/C23H24F3N5O4S/c24-23(25,26)15-3-5-20(29-7-1-2-8-29)18(13-15)27-22(36)28-21(32)17-14-16(31(33)34)4-6-19(17)30-9-11-35-12-10-30/h3-6,13-14H,1-2,7-12H2,(H2,27,28,32,36). The molecule has 2 aliphatic heterocycles. The number of amides is 1. The van der Waals surface area contributed by atoms with Crippen molar-refractivity contribution in [3.05, 3.63) is 57.6 Å². The Morgan fingerprint density at radius 2 is 1.64 bits per heavy atom. The average Bonchev–Trinajstić information content (AvgIpc) is 3.38. The van der Waals surface area contributed by atoms with E-state index >= 15 is 0 Å². The van der Waals surface area contributed by atoms with E-state index in [1.54, 1.807) is 0 Å². The lowest BCUT2D eigenvalue weighted by Gasteiger charge is -2.30. The summed E-state index contributed by atoms with van der Waals surface area (Å²) in [6.45, 7) is 3.24. The van der Waals surface area contributed by atoms with Gasteiger partial charge < -0.3 is 19.9 Å². The van der Waals surface area contributed by atoms with Crippen molar-refractivity contribution in [1.82, 2.24) is 5.32 Å². The van der Waals surface area contributed by atoms with Gasteiger partial charge in [0.05, 0.1) is 46.3 Å². The molecule has 36 heavy (non-hydrogen) atoms. The fourth-order valence-corrected chi connectivity index (χ4v) is 4.47. The number of alkyl halides is 3. The maximum Gasteiger partial charge on any atom is 0.416 e. The van der Waals surface area contributed by atoms with Gasteiger partial charge in [0.25, 0.3) is 11.6 Å². The van der Waals surface area contributed by atoms with Gasteiger partial charge in [0.2, 0.25) is 0 Å². The summed E-state index contributed by atoms with van der Waals surface area (Å²) in [5.41, 5.74) is 0.0339. The smallest absolute Gasteiger partial charge is 0.378 e. The predicted molar refractivity (Wildman–Crippen MR) is 133 cm³/mol. The number of halogens is 3. The number of non-ortho nitro benzene ring substituents is 1. The SMILES string of the molecule is O=C(NC(=S)Nc1cc(C(F)(F)F)ccc1N1CCCC1)c1cc([N+](=O)[O-])ccc1N1CCOCC1. The lowest BCUT2D eigenvalue weighted by molar-refractivity contribution is -0.384. The normalized spacial score (nSPS) is 16.1. The Kier molecular flexibility index (Phi) is 7.59. The lowest BCUT2D eigenvalue weighted by Crippen LogP contribution is -2.39. The second-order valence-corrected chi connectivity index (χ2v) is 8.80. The third-order valence-corrected chi connectivity index (χ3v) is 6.24. The number of ether oxygens (including phenoxy) is 1. The molecule has 2 fully saturated rings. The lowest BCUT2D eigenvalue weighted by atomic mass is 10.1. The molecule has 0 aliphatic carbocycles. The van der Waals surface area contributed by atoms with Crippen LogP contribution in [0.4, 0.5) is 35.9 Å². The molecule has 9 nitrogen and oxygen atoms in total. The first-order chi connectivity index (χ1) is 17.1. The van der Waals surface area contributed by atoms with E-state index in [2.05, 4.69) is 10.6 Å². The monoisotopic (exact) mass is 523 g/mol. The molecule has 1 amide bonds. The van der Waals surface area contributed by atoms with E-state index in [1.807, 2.05) is 9.80 Å². The second kappa shape index (κ2) is 10.7. The molecule has 2 aromatic rings. The summed E-state index contributed by atoms with van der Waals surface area (Å²) >= 11 is 5.26. The van der Waals surface area contributed by atoms with Crippen molar-refractivity contribution in [2.45, 2.75) is 19.0 Å². The van der Waals surface area contributed by atoms with Gasteiger partial charge in [-0.2, -0.15) is 13.2 Å². The van der Waals surface area contributed by atoms with Crippen LogP contribution in [0.2, 0.25) is 0 Å². The van der Waals surface area contributed by atoms with Crippen molar-refractivity contribution in [3.63, 3.8) is 0 Å². The molecule has 2 heterocycles. The highest BCUT2D eigenvalue weighted by Gasteiger charge is 2.32. The van der Waals surface area contributed by atoms with Crippen LogP contribution < -0.4 is 20.4 Å². The van der Waals surface area contributed by atoms with Gasteiger partial charge in [0.15, 0.2) is 5.11 Å². The molecule has 0 spiro atoms. The van der Waals surface area contributed by atoms with Crippen molar-refractivity contribution in [2.75, 3.05) is 54.5 Å². The summed E-state index contributed by atoms with van der Waals surface area (Å²) < 4.78 is 45.4. The number of carbonyl (C=O) groups is 1. The zero-order valence-electron chi connectivity index (χ0n) is 19.1. The zero-order valence-corrected chi connectivity index (χ0v) is 20.0. The van der Waals surface area contributed by atoms with E-state index < -0.39 is 22.6 Å². The minimum absolute atomic E-state index is 0.0269. The Morgan fingerprint density at radius 3 is 2.28 bits per heavy atom. The van der Waals surface area contributed by atoms with Crippen molar-refractivity contribution >= 4 is 46.0 Å². The summed E-state index contributed by atoms with van der Waals surface area (Å²) in [5.74, 6) is -0.715. The van der Waals surface area contributed by atoms with Crippen LogP contribution in [-0.4, -0.2) is 55.3 Å². The first-order valence-corrected chi connectivity index (χ1v) is 11.7. The van der Waals surface area contributed by atoms with Gasteiger partial charge in [0, 0.05) is 38.3 Å². The molecule has 0 bridgehead atoms. The van der Waals surface area contributed by atoms with Gasteiger partial charge in [-0.1, -0.05) is 0 Å². The van der Waals surface area contributed by atoms with E-state index in [0.29, 0.717) is 50.8 Å². The third kappa shape index (κ3) is 5.85. The van der Waals surface area contributed by atoms with E-state index in [4.69, 9.17) is 17.0 Å². The maximum absolute atomic E-state index is 13.4. The fraction of sp³-hybridized carbons (Fsp3) is 0.391. The Labute approximate surface area is 210 Å². The second-order valence-electron chi connectivity index (χ2n) is 8.39. The van der Waals surface area contributed by atoms with Gasteiger partial charge in [-0.05, 0) is 49.3 Å². The summed E-state index contributed by atoms with van der Waals surface area (Å²) in [6.07, 6.45) is -2.72. The quantitative estimate of drug-likeness (QED) is 0.342. The van der Waals surface area contributed by atoms with Gasteiger partial charge >= 0.3 is 6.18 Å². The Bertz CT molecular complexity index is 1160. The van der Waals surface area contributed by atoms with Crippen LogP contribution in [0.25, 0.3) is 0 Å². The van der Waals surface area contributed by atoms with Crippen LogP contribution in [0.15, 0.2) is 36.4 Å². The number of thiocarbonyl (C=S) groups is 1. The van der Waals surface area contributed by atoms with E-state index in [0.717, 1.165) is 31.0 Å². The van der Waals surface area contributed by atoms with Crippen molar-refractivity contribution in [2.24, 2.45) is 0 Å². The number of carbonyl (C=O) groups excluding carboxylic acids is 1. The molecule has 2 saturated heterocycles. The van der Waals surface area contributed by atoms with Crippen LogP contribution in [0, 0.1) is 10.1 Å². The number of benzene rings is 2. The van der Waals surface area contributed by atoms with E-state index in [-0.39, 0.29) is 22.1 Å². The van der Waals surface area contributed by atoms with Crippen molar-refractivity contribution in [3.8, 4) is 0 Å². The number of nitro groups is 1. The fourth-order valence-electron chi connectivity index (χ4n) is 4.27. The predicted octanol–water partition coefficient (Wildman–Crippen LogP) is 4.18. The molecule has 0 unspecified atom stereocenters. The number of hydrogen-bond donors (Lipinski definition) is 2. The molecule has 0 atom stereocenters. The number of nitrogens with one attached hydrogen (secondary N) is 2. The topological polar surface area (TPSA) is 100.0 Å². The molecule has 0 aromatic heterocycles. The Morgan fingerprint density at radius 1 is 1.00 bits per heavy atom. The minimum atomic E-state index is -4.55. The Balaban J connectivity index is 1.58. The summed E-state index contributed by atoms with van der Waals surface area (Å²) in [7, 11) is 0. The molecule has 0 saturated carbocycles. The summed E-state index contributed by atoms with van der Waals surface area (Å²) in [4.78, 5) is 27.7. The number of anilines is 3. The molecular weight excluding hydrogens is 499 g/mol. The highest BCUT2D eigenvalue weighted by molar-refractivity contribution is 7.80. The summed E-state index contributed by atoms with van der Waals surface area (Å²) in [5, 5.41) is 16.3. The minimum Gasteiger partial charge on any atom is -0.378 e. The van der Waals surface area contributed by atoms with E-state index in [1.165, 1.54) is 18.2 Å². The van der Waals surface area contributed by atoms with Gasteiger partial charge in [0.1, 0.15) is 0 Å². The number of nitrogens with zero attached hydrogens (tertiary/aromatic N) is 3. The molecule has 2 aromatic carbocycles. The molecule has 0 radical (unpaired) electrons. The molecule has 192 valence electrons. The first-order valence-electron chi connectivity index (χ1n) is 11.3. The van der Waals surface area contributed by atoms with Gasteiger partial charge in [-0.15, -0.1) is 0 Å². The zero-order chi connectivity index (χ0) is 25.9. The van der Waals surface area contributed by atoms with Crippen LogP contribution in [0.5, 0.6) is 0 Å². The van der Waals surface area contributed by atoms with Crippen molar-refractivity contribution in [1.29, 1.82) is 0 Å². The average molecular weight is 524 g/mol. The Hall–Kier alpha value is -3.45. The molecular formula is C23H24F3N5O4S. The number of morpholine rings is 1. The maximum atomic E-state index is 13.4. The number of rotatable bonds is 5. The molecule has 13 heteroatoms. The first kappa shape index (κ1) is 25.6. The molecule has 2 aliphatic rings. The van der Waals surface area contributed by atoms with Crippen LogP contribution in [0.3, 0.4) is 0 Å². The summed E-state index contributed by atoms with van der Waals surface area (Å²) in [6, 6.07) is 7.31. The molecule has 2 N–H and O–H groups in total. The van der Waals surface area contributed by atoms with Gasteiger partial charge in [-0.3, -0.25) is 20.2 Å². The van der Waals surface area contributed by atoms with Gasteiger partial charge in [-0.25, -0.2) is 0 Å². The van der Waals surface area contributed by atoms with Crippen LogP contribution >= 0.6 is 12.2 Å². The third-order valence-electron chi connectivity index (χ3n) is 6.03. The highest BCUT2D eigenvalue weighted by Crippen LogP contribution is 2.36. The molecule has 4 rings (SSSR count).